The monoisotopic (exact) mass is 536 g/mol. The van der Waals surface area contributed by atoms with Gasteiger partial charge in [0, 0.05) is 12.8 Å². The van der Waals surface area contributed by atoms with Gasteiger partial charge in [0.1, 0.15) is 33.1 Å². The first-order chi connectivity index (χ1) is 16.5. The van der Waals surface area contributed by atoms with Crippen molar-refractivity contribution in [3.8, 4) is 6.07 Å². The van der Waals surface area contributed by atoms with Crippen LogP contribution in [0.4, 0.5) is 17.6 Å². The number of rotatable bonds is 8. The van der Waals surface area contributed by atoms with Crippen molar-refractivity contribution in [2.24, 2.45) is 5.92 Å². The number of benzene rings is 1. The minimum absolute atomic E-state index is 0.0117. The minimum atomic E-state index is -3.25. The molecule has 1 saturated carbocycles. The third-order valence-electron chi connectivity index (χ3n) is 5.67. The van der Waals surface area contributed by atoms with Gasteiger partial charge in [-0.1, -0.05) is 23.2 Å². The second kappa shape index (κ2) is 9.49. The van der Waals surface area contributed by atoms with Crippen LogP contribution >= 0.6 is 23.2 Å². The van der Waals surface area contributed by atoms with Gasteiger partial charge < -0.3 is 16.8 Å². The van der Waals surface area contributed by atoms with Gasteiger partial charge in [0.05, 0.1) is 32.7 Å². The Balaban J connectivity index is 1.90. The summed E-state index contributed by atoms with van der Waals surface area (Å²) in [6.07, 6.45) is 2.98. The maximum Gasteiger partial charge on any atom is 0.263 e. The molecule has 2 heterocycles. The zero-order valence-electron chi connectivity index (χ0n) is 18.6. The lowest BCUT2D eigenvalue weighted by atomic mass is 10.1. The number of nitrogens with one attached hydrogen (secondary N) is 1. The molecular formula is C21H22Cl2N8O3S. The van der Waals surface area contributed by atoms with Gasteiger partial charge in [-0.3, -0.25) is 9.36 Å². The van der Waals surface area contributed by atoms with Crippen LogP contribution in [0.15, 0.2) is 16.9 Å². The van der Waals surface area contributed by atoms with E-state index in [-0.39, 0.29) is 68.7 Å². The molecule has 3 aromatic rings. The summed E-state index contributed by atoms with van der Waals surface area (Å²) in [7, 11) is -3.25. The maximum absolute atomic E-state index is 13.6. The molecule has 14 heteroatoms. The molecule has 0 bridgehead atoms. The highest BCUT2D eigenvalue weighted by Gasteiger charge is 2.37. The van der Waals surface area contributed by atoms with E-state index in [9.17, 15) is 18.5 Å². The zero-order chi connectivity index (χ0) is 25.5. The predicted molar refractivity (Wildman–Crippen MR) is 135 cm³/mol. The molecule has 5 N–H and O–H groups in total. The van der Waals surface area contributed by atoms with Crippen LogP contribution in [0.2, 0.25) is 10.0 Å². The first-order valence-electron chi connectivity index (χ1n) is 10.7. The summed E-state index contributed by atoms with van der Waals surface area (Å²) in [4.78, 5) is 26.3. The fraction of sp³-hybridized carbons (Fsp3) is 0.381. The standard InChI is InChI=1S/C21H22Cl2N8O3S/c1-35(33,34)8-2-7-31-19(28-16-13(23)6-5-12(22)14(16)20(31)32)15(10-3-4-10)27-18-11(9-24)17(25)29-21(26)30-18/h5-6,10,15H,2-4,7-8H2,1H3,(H5,25,26,27,29,30). The van der Waals surface area contributed by atoms with E-state index in [0.29, 0.717) is 5.82 Å². The Morgan fingerprint density at radius 2 is 1.91 bits per heavy atom. The van der Waals surface area contributed by atoms with Crippen LogP contribution in [0, 0.1) is 17.2 Å². The van der Waals surface area contributed by atoms with E-state index >= 15 is 0 Å². The number of nitrogens with zero attached hydrogens (tertiary/aromatic N) is 5. The highest BCUT2D eigenvalue weighted by molar-refractivity contribution is 7.90. The van der Waals surface area contributed by atoms with Gasteiger partial charge in [0.25, 0.3) is 5.56 Å². The highest BCUT2D eigenvalue weighted by Crippen LogP contribution is 2.43. The number of fused-ring (bicyclic) bond motifs is 1. The van der Waals surface area contributed by atoms with E-state index < -0.39 is 21.4 Å². The number of aromatic nitrogens is 4. The molecule has 35 heavy (non-hydrogen) atoms. The third-order valence-corrected chi connectivity index (χ3v) is 7.32. The third kappa shape index (κ3) is 5.27. The minimum Gasteiger partial charge on any atom is -0.382 e. The normalized spacial score (nSPS) is 14.6. The fourth-order valence-corrected chi connectivity index (χ4v) is 4.97. The molecule has 1 atom stereocenters. The number of hydrogen-bond acceptors (Lipinski definition) is 10. The molecule has 0 spiro atoms. The molecule has 0 aliphatic heterocycles. The van der Waals surface area contributed by atoms with Crippen LogP contribution in [-0.4, -0.2) is 39.9 Å². The molecule has 1 unspecified atom stereocenters. The van der Waals surface area contributed by atoms with E-state index in [0.717, 1.165) is 19.1 Å². The van der Waals surface area contributed by atoms with Crippen molar-refractivity contribution in [2.45, 2.75) is 31.8 Å². The van der Waals surface area contributed by atoms with Crippen molar-refractivity contribution in [1.82, 2.24) is 19.5 Å². The highest BCUT2D eigenvalue weighted by atomic mass is 35.5. The Bertz CT molecular complexity index is 1530. The van der Waals surface area contributed by atoms with Crippen molar-refractivity contribution in [2.75, 3.05) is 28.8 Å². The summed E-state index contributed by atoms with van der Waals surface area (Å²) in [5.41, 5.74) is 11.4. The number of nitrogen functional groups attached to an aromatic ring is 2. The molecule has 1 aromatic carbocycles. The molecule has 11 nitrogen and oxygen atoms in total. The van der Waals surface area contributed by atoms with Crippen LogP contribution < -0.4 is 22.3 Å². The van der Waals surface area contributed by atoms with Gasteiger partial charge in [-0.25, -0.2) is 13.4 Å². The molecule has 2 aromatic heterocycles. The van der Waals surface area contributed by atoms with Gasteiger partial charge >= 0.3 is 0 Å². The summed E-state index contributed by atoms with van der Waals surface area (Å²) in [6.45, 7) is 0.0804. The molecule has 0 saturated heterocycles. The summed E-state index contributed by atoms with van der Waals surface area (Å²) in [6, 6.07) is 4.46. The smallest absolute Gasteiger partial charge is 0.263 e. The van der Waals surface area contributed by atoms with Crippen molar-refractivity contribution in [3.63, 3.8) is 0 Å². The molecule has 1 aliphatic rings. The quantitative estimate of drug-likeness (QED) is 0.386. The predicted octanol–water partition coefficient (Wildman–Crippen LogP) is 2.53. The molecule has 4 rings (SSSR count). The Kier molecular flexibility index (Phi) is 6.77. The first kappa shape index (κ1) is 25.0. The number of sulfone groups is 1. The molecular weight excluding hydrogens is 515 g/mol. The van der Waals surface area contributed by atoms with Crippen molar-refractivity contribution in [1.29, 1.82) is 5.26 Å². The lowest BCUT2D eigenvalue weighted by molar-refractivity contribution is 0.534. The number of anilines is 3. The van der Waals surface area contributed by atoms with Gasteiger partial charge in [-0.05, 0) is 37.3 Å². The summed E-state index contributed by atoms with van der Waals surface area (Å²) < 4.78 is 24.8. The Morgan fingerprint density at radius 1 is 1.23 bits per heavy atom. The van der Waals surface area contributed by atoms with Crippen LogP contribution in [-0.2, 0) is 16.4 Å². The number of nitrogens with two attached hydrogens (primary N) is 2. The Labute approximate surface area is 211 Å². The second-order valence-corrected chi connectivity index (χ2v) is 11.5. The van der Waals surface area contributed by atoms with Gasteiger partial charge in [0.15, 0.2) is 5.82 Å². The molecule has 1 aliphatic carbocycles. The molecule has 1 fully saturated rings. The van der Waals surface area contributed by atoms with E-state index in [2.05, 4.69) is 15.3 Å². The molecule has 184 valence electrons. The summed E-state index contributed by atoms with van der Waals surface area (Å²) >= 11 is 12.7. The molecule has 0 amide bonds. The number of halogens is 2. The largest absolute Gasteiger partial charge is 0.382 e. The van der Waals surface area contributed by atoms with Crippen LogP contribution in [0.1, 0.15) is 36.7 Å². The van der Waals surface area contributed by atoms with Crippen LogP contribution in [0.25, 0.3) is 10.9 Å². The van der Waals surface area contributed by atoms with Gasteiger partial charge in [-0.15, -0.1) is 0 Å². The Hall–Kier alpha value is -3.14. The van der Waals surface area contributed by atoms with E-state index in [1.807, 2.05) is 6.07 Å². The number of hydrogen-bond donors (Lipinski definition) is 3. The Morgan fingerprint density at radius 3 is 2.54 bits per heavy atom. The molecule has 0 radical (unpaired) electrons. The lowest BCUT2D eigenvalue weighted by Gasteiger charge is -2.24. The van der Waals surface area contributed by atoms with E-state index in [1.165, 1.54) is 10.6 Å². The van der Waals surface area contributed by atoms with Crippen LogP contribution in [0.5, 0.6) is 0 Å². The van der Waals surface area contributed by atoms with Gasteiger partial charge in [0.2, 0.25) is 5.95 Å². The lowest BCUT2D eigenvalue weighted by Crippen LogP contribution is -2.31. The van der Waals surface area contributed by atoms with Crippen LogP contribution in [0.3, 0.4) is 0 Å². The van der Waals surface area contributed by atoms with E-state index in [4.69, 9.17) is 39.7 Å². The SMILES string of the molecule is CS(=O)(=O)CCCn1c(C(Nc2nc(N)nc(N)c2C#N)C2CC2)nc2c(Cl)ccc(Cl)c2c1=O. The summed E-state index contributed by atoms with van der Waals surface area (Å²) in [5.74, 6) is 0.182. The topological polar surface area (TPSA) is 183 Å². The fourth-order valence-electron chi connectivity index (χ4n) is 3.89. The van der Waals surface area contributed by atoms with Crippen molar-refractivity contribution >= 4 is 61.5 Å². The average molecular weight is 537 g/mol. The first-order valence-corrected chi connectivity index (χ1v) is 13.5. The van der Waals surface area contributed by atoms with Gasteiger partial charge in [-0.2, -0.15) is 15.2 Å². The second-order valence-electron chi connectivity index (χ2n) is 8.42. The van der Waals surface area contributed by atoms with Crippen molar-refractivity contribution in [3.05, 3.63) is 43.9 Å². The van der Waals surface area contributed by atoms with E-state index in [1.54, 1.807) is 6.07 Å². The maximum atomic E-state index is 13.6. The summed E-state index contributed by atoms with van der Waals surface area (Å²) in [5, 5.41) is 13.3. The average Bonchev–Trinajstić information content (AvgIpc) is 3.60. The zero-order valence-corrected chi connectivity index (χ0v) is 21.0. The number of nitriles is 1. The van der Waals surface area contributed by atoms with Crippen molar-refractivity contribution < 1.29 is 8.42 Å².